The molecule has 0 saturated carbocycles. The van der Waals surface area contributed by atoms with Gasteiger partial charge in [0.1, 0.15) is 0 Å². The number of hydrogen-bond donors (Lipinski definition) is 2. The molecule has 1 aromatic carbocycles. The highest BCUT2D eigenvalue weighted by atomic mass is 32.1. The largest absolute Gasteiger partial charge is 0.375 e. The minimum Gasteiger partial charge on any atom is -0.375 e. The predicted molar refractivity (Wildman–Crippen MR) is 100 cm³/mol. The number of nitrogens with one attached hydrogen (secondary N) is 1. The van der Waals surface area contributed by atoms with E-state index in [0.717, 1.165) is 35.6 Å². The lowest BCUT2D eigenvalue weighted by Crippen LogP contribution is -2.24. The van der Waals surface area contributed by atoms with Gasteiger partial charge in [-0.1, -0.05) is 0 Å². The molecule has 0 aliphatic carbocycles. The first-order chi connectivity index (χ1) is 12.0. The quantitative estimate of drug-likeness (QED) is 0.666. The fraction of sp³-hybridized carbons (Fsp3) is 0.278. The second kappa shape index (κ2) is 7.48. The van der Waals surface area contributed by atoms with Crippen LogP contribution in [0, 0.1) is 13.8 Å². The van der Waals surface area contributed by atoms with Gasteiger partial charge in [-0.15, -0.1) is 11.3 Å². The Morgan fingerprint density at radius 2 is 2.04 bits per heavy atom. The van der Waals surface area contributed by atoms with Crippen LogP contribution in [-0.4, -0.2) is 27.2 Å². The molecule has 0 fully saturated rings. The lowest BCUT2D eigenvalue weighted by molar-refractivity contribution is 0.0953. The zero-order valence-electron chi connectivity index (χ0n) is 14.3. The van der Waals surface area contributed by atoms with Crippen LogP contribution in [0.1, 0.15) is 33.9 Å². The third-order valence-corrected chi connectivity index (χ3v) is 4.57. The molecule has 2 heterocycles. The van der Waals surface area contributed by atoms with Crippen LogP contribution in [0.15, 0.2) is 35.7 Å². The lowest BCUT2D eigenvalue weighted by Gasteiger charge is -2.07. The maximum Gasteiger partial charge on any atom is 0.251 e. The number of rotatable bonds is 6. The van der Waals surface area contributed by atoms with Crippen molar-refractivity contribution in [3.05, 3.63) is 58.4 Å². The molecule has 3 aromatic rings. The Morgan fingerprint density at radius 3 is 2.64 bits per heavy atom. The number of nitrogen functional groups attached to an aromatic ring is 1. The highest BCUT2D eigenvalue weighted by Crippen LogP contribution is 2.14. The Bertz CT molecular complexity index is 866. The summed E-state index contributed by atoms with van der Waals surface area (Å²) in [6, 6.07) is 9.49. The van der Waals surface area contributed by atoms with E-state index in [2.05, 4.69) is 15.4 Å². The van der Waals surface area contributed by atoms with E-state index in [1.165, 1.54) is 11.3 Å². The normalized spacial score (nSPS) is 10.8. The zero-order valence-corrected chi connectivity index (χ0v) is 15.1. The topological polar surface area (TPSA) is 85.8 Å². The fourth-order valence-electron chi connectivity index (χ4n) is 2.66. The number of aromatic nitrogens is 3. The molecule has 0 bridgehead atoms. The SMILES string of the molecule is Cc1cc(C)n(-c2ccc(C(=O)NCCCc3csc(N)n3)cc2)n1. The van der Waals surface area contributed by atoms with Crippen LogP contribution in [0.3, 0.4) is 0 Å². The number of carbonyl (C=O) groups is 1. The van der Waals surface area contributed by atoms with Crippen LogP contribution in [0.4, 0.5) is 5.13 Å². The van der Waals surface area contributed by atoms with E-state index >= 15 is 0 Å². The van der Waals surface area contributed by atoms with Crippen molar-refractivity contribution in [3.63, 3.8) is 0 Å². The van der Waals surface area contributed by atoms with E-state index in [1.54, 1.807) is 0 Å². The summed E-state index contributed by atoms with van der Waals surface area (Å²) in [7, 11) is 0. The van der Waals surface area contributed by atoms with E-state index < -0.39 is 0 Å². The first-order valence-corrected chi connectivity index (χ1v) is 9.02. The van der Waals surface area contributed by atoms with Crippen LogP contribution in [0.5, 0.6) is 0 Å². The molecule has 25 heavy (non-hydrogen) atoms. The number of benzene rings is 1. The summed E-state index contributed by atoms with van der Waals surface area (Å²) >= 11 is 1.44. The van der Waals surface area contributed by atoms with Crippen molar-refractivity contribution >= 4 is 22.4 Å². The van der Waals surface area contributed by atoms with Crippen LogP contribution >= 0.6 is 11.3 Å². The first kappa shape index (κ1) is 17.2. The molecule has 1 amide bonds. The molecular formula is C18H21N5OS. The number of carbonyl (C=O) groups excluding carboxylic acids is 1. The molecule has 2 aromatic heterocycles. The van der Waals surface area contributed by atoms with E-state index in [0.29, 0.717) is 17.2 Å². The average molecular weight is 355 g/mol. The Hall–Kier alpha value is -2.67. The van der Waals surface area contributed by atoms with E-state index in [-0.39, 0.29) is 5.91 Å². The van der Waals surface area contributed by atoms with Gasteiger partial charge >= 0.3 is 0 Å². The second-order valence-electron chi connectivity index (χ2n) is 5.92. The van der Waals surface area contributed by atoms with Gasteiger partial charge in [0.2, 0.25) is 0 Å². The Morgan fingerprint density at radius 1 is 1.28 bits per heavy atom. The molecular weight excluding hydrogens is 334 g/mol. The van der Waals surface area contributed by atoms with Gasteiger partial charge < -0.3 is 11.1 Å². The smallest absolute Gasteiger partial charge is 0.251 e. The summed E-state index contributed by atoms with van der Waals surface area (Å²) in [5.74, 6) is -0.0716. The summed E-state index contributed by atoms with van der Waals surface area (Å²) in [4.78, 5) is 16.4. The third-order valence-electron chi connectivity index (χ3n) is 3.85. The fourth-order valence-corrected chi connectivity index (χ4v) is 3.25. The molecule has 0 radical (unpaired) electrons. The molecule has 0 spiro atoms. The highest BCUT2D eigenvalue weighted by Gasteiger charge is 2.08. The minimum absolute atomic E-state index is 0.0716. The first-order valence-electron chi connectivity index (χ1n) is 8.15. The standard InChI is InChI=1S/C18H21N5OS/c1-12-10-13(2)23(22-12)16-7-5-14(6-8-16)17(24)20-9-3-4-15-11-25-18(19)21-15/h5-8,10-11H,3-4,9H2,1-2H3,(H2,19,21)(H,20,24). The van der Waals surface area contributed by atoms with Gasteiger partial charge in [-0.05, 0) is 57.0 Å². The van der Waals surface area contributed by atoms with Crippen molar-refractivity contribution < 1.29 is 4.79 Å². The maximum atomic E-state index is 12.2. The molecule has 0 aliphatic rings. The van der Waals surface area contributed by atoms with Crippen LogP contribution in [-0.2, 0) is 6.42 Å². The Kier molecular flexibility index (Phi) is 5.14. The minimum atomic E-state index is -0.0716. The number of anilines is 1. The summed E-state index contributed by atoms with van der Waals surface area (Å²) in [6.07, 6.45) is 1.64. The molecule has 7 heteroatoms. The summed E-state index contributed by atoms with van der Waals surface area (Å²) in [5, 5.41) is 9.92. The molecule has 6 nitrogen and oxygen atoms in total. The molecule has 0 saturated heterocycles. The van der Waals surface area contributed by atoms with Crippen molar-refractivity contribution in [2.24, 2.45) is 0 Å². The number of aryl methyl sites for hydroxylation is 3. The molecule has 0 unspecified atom stereocenters. The van der Waals surface area contributed by atoms with E-state index in [1.807, 2.05) is 54.2 Å². The molecule has 130 valence electrons. The van der Waals surface area contributed by atoms with Crippen molar-refractivity contribution in [1.29, 1.82) is 0 Å². The number of hydrogen-bond acceptors (Lipinski definition) is 5. The van der Waals surface area contributed by atoms with Crippen LogP contribution in [0.25, 0.3) is 5.69 Å². The van der Waals surface area contributed by atoms with Crippen molar-refractivity contribution in [3.8, 4) is 5.69 Å². The zero-order chi connectivity index (χ0) is 17.8. The van der Waals surface area contributed by atoms with Gasteiger partial charge in [-0.2, -0.15) is 5.10 Å². The number of nitrogens with zero attached hydrogens (tertiary/aromatic N) is 3. The maximum absolute atomic E-state index is 12.2. The number of nitrogens with two attached hydrogens (primary N) is 1. The number of amides is 1. The molecule has 3 rings (SSSR count). The van der Waals surface area contributed by atoms with Gasteiger partial charge in [0.25, 0.3) is 5.91 Å². The van der Waals surface area contributed by atoms with Gasteiger partial charge in [0.05, 0.1) is 17.1 Å². The molecule has 0 aliphatic heterocycles. The number of thiazole rings is 1. The average Bonchev–Trinajstić information content (AvgIpc) is 3.16. The van der Waals surface area contributed by atoms with Gasteiger partial charge in [-0.25, -0.2) is 9.67 Å². The van der Waals surface area contributed by atoms with Gasteiger partial charge in [0, 0.05) is 23.2 Å². The third kappa shape index (κ3) is 4.24. The van der Waals surface area contributed by atoms with Crippen LogP contribution in [0.2, 0.25) is 0 Å². The molecule has 3 N–H and O–H groups in total. The van der Waals surface area contributed by atoms with E-state index in [4.69, 9.17) is 5.73 Å². The van der Waals surface area contributed by atoms with Crippen molar-refractivity contribution in [2.75, 3.05) is 12.3 Å². The monoisotopic (exact) mass is 355 g/mol. The van der Waals surface area contributed by atoms with Gasteiger partial charge in [0.15, 0.2) is 5.13 Å². The van der Waals surface area contributed by atoms with E-state index in [9.17, 15) is 4.79 Å². The van der Waals surface area contributed by atoms with Crippen molar-refractivity contribution in [1.82, 2.24) is 20.1 Å². The van der Waals surface area contributed by atoms with Crippen LogP contribution < -0.4 is 11.1 Å². The molecule has 0 atom stereocenters. The second-order valence-corrected chi connectivity index (χ2v) is 6.81. The van der Waals surface area contributed by atoms with Crippen molar-refractivity contribution in [2.45, 2.75) is 26.7 Å². The lowest BCUT2D eigenvalue weighted by atomic mass is 10.2. The predicted octanol–water partition coefficient (Wildman–Crippen LogP) is 2.89. The Balaban J connectivity index is 1.53. The van der Waals surface area contributed by atoms with Gasteiger partial charge in [-0.3, -0.25) is 4.79 Å². The summed E-state index contributed by atoms with van der Waals surface area (Å²) in [6.45, 7) is 4.58. The summed E-state index contributed by atoms with van der Waals surface area (Å²) < 4.78 is 1.87. The summed E-state index contributed by atoms with van der Waals surface area (Å²) in [5.41, 5.74) is 10.2. The Labute approximate surface area is 150 Å². The highest BCUT2D eigenvalue weighted by molar-refractivity contribution is 7.13.